The van der Waals surface area contributed by atoms with Crippen LogP contribution in [0.3, 0.4) is 0 Å². The molecule has 15 heavy (non-hydrogen) atoms. The first-order chi connectivity index (χ1) is 7.31. The first-order valence-corrected chi connectivity index (χ1v) is 6.11. The van der Waals surface area contributed by atoms with E-state index in [1.165, 1.54) is 0 Å². The number of likely N-dealkylation sites (N-methyl/N-ethyl adjacent to an activating group) is 1. The van der Waals surface area contributed by atoms with Crippen LogP contribution in [0.15, 0.2) is 17.2 Å². The van der Waals surface area contributed by atoms with Crippen molar-refractivity contribution in [1.82, 2.24) is 10.3 Å². The van der Waals surface area contributed by atoms with Crippen molar-refractivity contribution in [2.24, 2.45) is 0 Å². The van der Waals surface area contributed by atoms with Gasteiger partial charge in [-0.3, -0.25) is 0 Å². The van der Waals surface area contributed by atoms with Crippen molar-refractivity contribution in [3.8, 4) is 0 Å². The molecular weight excluding hydrogens is 208 g/mol. The molecule has 0 spiro atoms. The van der Waals surface area contributed by atoms with E-state index in [0.29, 0.717) is 0 Å². The van der Waals surface area contributed by atoms with Crippen molar-refractivity contribution < 1.29 is 4.74 Å². The second-order valence-electron chi connectivity index (χ2n) is 3.61. The van der Waals surface area contributed by atoms with E-state index in [0.717, 1.165) is 35.9 Å². The molecule has 2 heterocycles. The second-order valence-corrected chi connectivity index (χ2v) is 4.67. The molecule has 1 atom stereocenters. The maximum atomic E-state index is 5.66. The number of thiazole rings is 1. The van der Waals surface area contributed by atoms with Gasteiger partial charge in [-0.25, -0.2) is 4.98 Å². The van der Waals surface area contributed by atoms with Gasteiger partial charge in [-0.1, -0.05) is 0 Å². The van der Waals surface area contributed by atoms with Crippen molar-refractivity contribution in [2.75, 3.05) is 13.7 Å². The number of rotatable bonds is 3. The molecule has 1 N–H and O–H groups in total. The number of nitrogens with one attached hydrogen (secondary N) is 1. The number of aromatic nitrogens is 1. The summed E-state index contributed by atoms with van der Waals surface area (Å²) in [5.41, 5.74) is 1.06. The van der Waals surface area contributed by atoms with Crippen LogP contribution in [0.5, 0.6) is 0 Å². The van der Waals surface area contributed by atoms with E-state index < -0.39 is 0 Å². The molecule has 0 amide bonds. The van der Waals surface area contributed by atoms with Gasteiger partial charge in [0.2, 0.25) is 0 Å². The summed E-state index contributed by atoms with van der Waals surface area (Å²) in [6.07, 6.45) is 4.39. The van der Waals surface area contributed by atoms with E-state index in [-0.39, 0.29) is 6.04 Å². The van der Waals surface area contributed by atoms with Crippen LogP contribution in [-0.4, -0.2) is 18.6 Å². The highest BCUT2D eigenvalue weighted by molar-refractivity contribution is 7.09. The summed E-state index contributed by atoms with van der Waals surface area (Å²) in [5, 5.41) is 6.44. The van der Waals surface area contributed by atoms with Gasteiger partial charge in [0.15, 0.2) is 0 Å². The van der Waals surface area contributed by atoms with E-state index in [1.54, 1.807) is 11.3 Å². The first kappa shape index (κ1) is 10.6. The van der Waals surface area contributed by atoms with Crippen LogP contribution in [-0.2, 0) is 4.74 Å². The van der Waals surface area contributed by atoms with E-state index >= 15 is 0 Å². The largest absolute Gasteiger partial charge is 0.496 e. The molecule has 4 heteroatoms. The quantitative estimate of drug-likeness (QED) is 0.856. The number of allylic oxidation sites excluding steroid dienone is 1. The monoisotopic (exact) mass is 224 g/mol. The highest BCUT2D eigenvalue weighted by Gasteiger charge is 2.20. The van der Waals surface area contributed by atoms with Gasteiger partial charge in [-0.2, -0.15) is 0 Å². The van der Waals surface area contributed by atoms with E-state index in [1.807, 2.05) is 14.0 Å². The van der Waals surface area contributed by atoms with Gasteiger partial charge in [-0.15, -0.1) is 11.3 Å². The predicted octanol–water partition coefficient (Wildman–Crippen LogP) is 2.41. The fourth-order valence-electron chi connectivity index (χ4n) is 1.73. The molecule has 0 bridgehead atoms. The van der Waals surface area contributed by atoms with Crippen molar-refractivity contribution in [2.45, 2.75) is 25.8 Å². The van der Waals surface area contributed by atoms with Gasteiger partial charge in [0.1, 0.15) is 11.8 Å². The van der Waals surface area contributed by atoms with Crippen LogP contribution in [0.1, 0.15) is 29.6 Å². The zero-order chi connectivity index (χ0) is 10.7. The van der Waals surface area contributed by atoms with E-state index in [4.69, 9.17) is 4.74 Å². The summed E-state index contributed by atoms with van der Waals surface area (Å²) in [7, 11) is 1.94. The Balaban J connectivity index is 2.19. The Labute approximate surface area is 94.2 Å². The fraction of sp³-hybridized carbons (Fsp3) is 0.545. The number of hydrogen-bond donors (Lipinski definition) is 1. The SMILES string of the molecule is CNC(C1=CCCCO1)c1csc(C)n1. The molecule has 0 saturated heterocycles. The summed E-state index contributed by atoms with van der Waals surface area (Å²) in [6, 6.07) is 0.121. The second kappa shape index (κ2) is 4.77. The standard InChI is InChI=1S/C11H16N2OS/c1-8-13-9(7-15-8)11(12-2)10-5-3-4-6-14-10/h5,7,11-12H,3-4,6H2,1-2H3. The van der Waals surface area contributed by atoms with Gasteiger partial charge in [0.25, 0.3) is 0 Å². The summed E-state index contributed by atoms with van der Waals surface area (Å²) in [5.74, 6) is 1.02. The molecule has 82 valence electrons. The van der Waals surface area contributed by atoms with Crippen molar-refractivity contribution in [1.29, 1.82) is 0 Å². The average Bonchev–Trinajstić information content (AvgIpc) is 2.68. The number of aryl methyl sites for hydroxylation is 1. The molecule has 0 aliphatic carbocycles. The van der Waals surface area contributed by atoms with Gasteiger partial charge >= 0.3 is 0 Å². The number of hydrogen-bond acceptors (Lipinski definition) is 4. The van der Waals surface area contributed by atoms with Gasteiger partial charge in [0, 0.05) is 5.38 Å². The Kier molecular flexibility index (Phi) is 3.38. The zero-order valence-corrected chi connectivity index (χ0v) is 9.93. The molecule has 1 unspecified atom stereocenters. The topological polar surface area (TPSA) is 34.1 Å². The Morgan fingerprint density at radius 2 is 2.47 bits per heavy atom. The predicted molar refractivity (Wildman–Crippen MR) is 61.9 cm³/mol. The summed E-state index contributed by atoms with van der Waals surface area (Å²) < 4.78 is 5.66. The first-order valence-electron chi connectivity index (χ1n) is 5.23. The van der Waals surface area contributed by atoms with Crippen LogP contribution in [0.25, 0.3) is 0 Å². The molecule has 1 aliphatic rings. The third-order valence-corrected chi connectivity index (χ3v) is 3.26. The fourth-order valence-corrected chi connectivity index (χ4v) is 2.36. The Morgan fingerprint density at radius 3 is 3.00 bits per heavy atom. The lowest BCUT2D eigenvalue weighted by Crippen LogP contribution is -2.22. The molecule has 2 rings (SSSR count). The summed E-state index contributed by atoms with van der Waals surface area (Å²) >= 11 is 1.68. The maximum absolute atomic E-state index is 5.66. The Hall–Kier alpha value is -0.870. The summed E-state index contributed by atoms with van der Waals surface area (Å²) in [6.45, 7) is 2.85. The average molecular weight is 224 g/mol. The third kappa shape index (κ3) is 2.38. The maximum Gasteiger partial charge on any atom is 0.115 e. The molecule has 0 saturated carbocycles. The molecular formula is C11H16N2OS. The Morgan fingerprint density at radius 1 is 1.60 bits per heavy atom. The van der Waals surface area contributed by atoms with Crippen molar-refractivity contribution >= 4 is 11.3 Å². The minimum atomic E-state index is 0.121. The molecule has 1 aliphatic heterocycles. The van der Waals surface area contributed by atoms with Gasteiger partial charge in [-0.05, 0) is 32.9 Å². The normalized spacial score (nSPS) is 18.1. The number of ether oxygens (including phenoxy) is 1. The van der Waals surface area contributed by atoms with Crippen LogP contribution in [0, 0.1) is 6.92 Å². The minimum Gasteiger partial charge on any atom is -0.496 e. The lowest BCUT2D eigenvalue weighted by atomic mass is 10.1. The molecule has 1 aromatic rings. The highest BCUT2D eigenvalue weighted by Crippen LogP contribution is 2.26. The van der Waals surface area contributed by atoms with Crippen LogP contribution in [0.2, 0.25) is 0 Å². The van der Waals surface area contributed by atoms with E-state index in [2.05, 4.69) is 21.8 Å². The summed E-state index contributed by atoms with van der Waals surface area (Å²) in [4.78, 5) is 4.49. The molecule has 0 radical (unpaired) electrons. The molecule has 3 nitrogen and oxygen atoms in total. The smallest absolute Gasteiger partial charge is 0.115 e. The Bertz CT molecular complexity index is 359. The van der Waals surface area contributed by atoms with Crippen molar-refractivity contribution in [3.05, 3.63) is 27.9 Å². The molecule has 0 aromatic carbocycles. The highest BCUT2D eigenvalue weighted by atomic mass is 32.1. The molecule has 1 aromatic heterocycles. The van der Waals surface area contributed by atoms with Crippen LogP contribution in [0.4, 0.5) is 0 Å². The molecule has 0 fully saturated rings. The minimum absolute atomic E-state index is 0.121. The van der Waals surface area contributed by atoms with Gasteiger partial charge < -0.3 is 10.1 Å². The van der Waals surface area contributed by atoms with Gasteiger partial charge in [0.05, 0.1) is 17.3 Å². The van der Waals surface area contributed by atoms with Crippen LogP contribution < -0.4 is 5.32 Å². The van der Waals surface area contributed by atoms with Crippen LogP contribution >= 0.6 is 11.3 Å². The lowest BCUT2D eigenvalue weighted by Gasteiger charge is -2.22. The van der Waals surface area contributed by atoms with Crippen molar-refractivity contribution in [3.63, 3.8) is 0 Å². The number of nitrogens with zero attached hydrogens (tertiary/aromatic N) is 1. The van der Waals surface area contributed by atoms with E-state index in [9.17, 15) is 0 Å². The lowest BCUT2D eigenvalue weighted by molar-refractivity contribution is 0.169. The zero-order valence-electron chi connectivity index (χ0n) is 9.12. The third-order valence-electron chi connectivity index (χ3n) is 2.47.